The van der Waals surface area contributed by atoms with Crippen molar-refractivity contribution in [1.82, 2.24) is 15.2 Å². The van der Waals surface area contributed by atoms with Gasteiger partial charge in [-0.15, -0.1) is 10.2 Å². The lowest BCUT2D eigenvalue weighted by Gasteiger charge is -1.98. The molecule has 0 aliphatic heterocycles. The number of halogens is 1. The number of rotatable bonds is 3. The Morgan fingerprint density at radius 1 is 1.19 bits per heavy atom. The van der Waals surface area contributed by atoms with E-state index in [1.165, 1.54) is 18.3 Å². The van der Waals surface area contributed by atoms with Gasteiger partial charge in [0.1, 0.15) is 0 Å². The summed E-state index contributed by atoms with van der Waals surface area (Å²) in [6, 6.07) is 7.92. The lowest BCUT2D eigenvalue weighted by Crippen LogP contribution is -1.95. The summed E-state index contributed by atoms with van der Waals surface area (Å²) in [6.07, 6.45) is 3.04. The van der Waals surface area contributed by atoms with E-state index >= 15 is 0 Å². The van der Waals surface area contributed by atoms with Crippen LogP contribution in [-0.4, -0.2) is 26.3 Å². The predicted molar refractivity (Wildman–Crippen MR) is 74.9 cm³/mol. The molecule has 21 heavy (non-hydrogen) atoms. The minimum Gasteiger partial charge on any atom is -0.478 e. The number of benzene rings is 1. The van der Waals surface area contributed by atoms with Crippen LogP contribution >= 0.6 is 11.6 Å². The van der Waals surface area contributed by atoms with Crippen LogP contribution in [0, 0.1) is 0 Å². The zero-order valence-electron chi connectivity index (χ0n) is 10.5. The van der Waals surface area contributed by atoms with E-state index in [1.54, 1.807) is 24.4 Å². The molecule has 3 aromatic rings. The average Bonchev–Trinajstić information content (AvgIpc) is 2.97. The zero-order chi connectivity index (χ0) is 14.8. The number of carboxylic acids is 1. The van der Waals surface area contributed by atoms with Crippen molar-refractivity contribution in [3.63, 3.8) is 0 Å². The summed E-state index contributed by atoms with van der Waals surface area (Å²) in [4.78, 5) is 14.8. The Hall–Kier alpha value is -2.73. The van der Waals surface area contributed by atoms with Crippen molar-refractivity contribution >= 4 is 17.6 Å². The van der Waals surface area contributed by atoms with E-state index in [0.29, 0.717) is 16.1 Å². The fourth-order valence-electron chi connectivity index (χ4n) is 1.78. The molecule has 0 saturated heterocycles. The van der Waals surface area contributed by atoms with Gasteiger partial charge < -0.3 is 9.52 Å². The van der Waals surface area contributed by atoms with Crippen LogP contribution < -0.4 is 0 Å². The number of carbonyl (C=O) groups is 1. The first kappa shape index (κ1) is 13.3. The van der Waals surface area contributed by atoms with E-state index in [1.807, 2.05) is 0 Å². The van der Waals surface area contributed by atoms with E-state index in [-0.39, 0.29) is 17.3 Å². The molecule has 0 radical (unpaired) electrons. The van der Waals surface area contributed by atoms with Gasteiger partial charge in [0.25, 0.3) is 0 Å². The van der Waals surface area contributed by atoms with Gasteiger partial charge in [-0.05, 0) is 24.3 Å². The molecule has 0 fully saturated rings. The molecule has 0 saturated carbocycles. The zero-order valence-corrected chi connectivity index (χ0v) is 11.3. The lowest BCUT2D eigenvalue weighted by molar-refractivity contribution is 0.0697. The number of hydrogen-bond acceptors (Lipinski definition) is 5. The molecule has 1 aromatic carbocycles. The van der Waals surface area contributed by atoms with Gasteiger partial charge >= 0.3 is 5.97 Å². The number of hydrogen-bond donors (Lipinski definition) is 1. The second-order valence-corrected chi connectivity index (χ2v) is 4.56. The van der Waals surface area contributed by atoms with Crippen molar-refractivity contribution in [2.75, 3.05) is 0 Å². The molecule has 1 N–H and O–H groups in total. The SMILES string of the molecule is O=C(O)c1cccc(-c2nnc(-c3ccncc3Cl)o2)c1. The van der Waals surface area contributed by atoms with Gasteiger partial charge in [-0.1, -0.05) is 17.7 Å². The normalized spacial score (nSPS) is 10.5. The molecule has 3 rings (SSSR count). The van der Waals surface area contributed by atoms with E-state index in [4.69, 9.17) is 21.1 Å². The molecule has 0 unspecified atom stereocenters. The fraction of sp³-hybridized carbons (Fsp3) is 0. The first-order valence-electron chi connectivity index (χ1n) is 5.92. The first-order valence-corrected chi connectivity index (χ1v) is 6.30. The van der Waals surface area contributed by atoms with Gasteiger partial charge in [0.15, 0.2) is 0 Å². The molecule has 0 aliphatic carbocycles. The molecule has 104 valence electrons. The molecule has 2 aromatic heterocycles. The second kappa shape index (κ2) is 5.34. The van der Waals surface area contributed by atoms with E-state index in [2.05, 4.69) is 15.2 Å². The van der Waals surface area contributed by atoms with Gasteiger partial charge in [-0.2, -0.15) is 0 Å². The highest BCUT2D eigenvalue weighted by atomic mass is 35.5. The molecule has 7 heteroatoms. The molecular weight excluding hydrogens is 294 g/mol. The van der Waals surface area contributed by atoms with Crippen LogP contribution in [0.15, 0.2) is 47.1 Å². The van der Waals surface area contributed by atoms with Crippen LogP contribution in [0.4, 0.5) is 0 Å². The van der Waals surface area contributed by atoms with Crippen LogP contribution in [0.3, 0.4) is 0 Å². The third kappa shape index (κ3) is 2.61. The molecule has 0 spiro atoms. The maximum absolute atomic E-state index is 11.0. The quantitative estimate of drug-likeness (QED) is 0.799. The Kier molecular flexibility index (Phi) is 3.37. The van der Waals surface area contributed by atoms with Crippen molar-refractivity contribution in [2.24, 2.45) is 0 Å². The number of aromatic carboxylic acids is 1. The number of carboxylic acid groups (broad SMARTS) is 1. The summed E-state index contributed by atoms with van der Waals surface area (Å²) in [7, 11) is 0. The van der Waals surface area contributed by atoms with Crippen molar-refractivity contribution < 1.29 is 14.3 Å². The molecule has 0 amide bonds. The van der Waals surface area contributed by atoms with E-state index < -0.39 is 5.97 Å². The number of aromatic nitrogens is 3. The Bertz CT molecular complexity index is 816. The Morgan fingerprint density at radius 2 is 2.00 bits per heavy atom. The highest BCUT2D eigenvalue weighted by molar-refractivity contribution is 6.32. The third-order valence-electron chi connectivity index (χ3n) is 2.78. The second-order valence-electron chi connectivity index (χ2n) is 4.15. The van der Waals surface area contributed by atoms with Gasteiger partial charge in [0.05, 0.1) is 16.1 Å². The summed E-state index contributed by atoms with van der Waals surface area (Å²) in [5.41, 5.74) is 1.24. The van der Waals surface area contributed by atoms with Crippen molar-refractivity contribution in [3.05, 3.63) is 53.3 Å². The molecule has 6 nitrogen and oxygen atoms in total. The van der Waals surface area contributed by atoms with E-state index in [0.717, 1.165) is 0 Å². The van der Waals surface area contributed by atoms with Crippen molar-refractivity contribution in [1.29, 1.82) is 0 Å². The summed E-state index contributed by atoms with van der Waals surface area (Å²) >= 11 is 6.01. The highest BCUT2D eigenvalue weighted by Crippen LogP contribution is 2.28. The van der Waals surface area contributed by atoms with Crippen LogP contribution in [0.25, 0.3) is 22.9 Å². The summed E-state index contributed by atoms with van der Waals surface area (Å²) in [5.74, 6) is -0.548. The average molecular weight is 302 g/mol. The first-order chi connectivity index (χ1) is 10.1. The van der Waals surface area contributed by atoms with Gasteiger partial charge in [-0.3, -0.25) is 4.98 Å². The van der Waals surface area contributed by atoms with Crippen LogP contribution in [0.5, 0.6) is 0 Å². The number of nitrogens with zero attached hydrogens (tertiary/aromatic N) is 3. The monoisotopic (exact) mass is 301 g/mol. The van der Waals surface area contributed by atoms with Crippen LogP contribution in [0.2, 0.25) is 5.02 Å². The van der Waals surface area contributed by atoms with Crippen molar-refractivity contribution in [3.8, 4) is 22.9 Å². The predicted octanol–water partition coefficient (Wildman–Crippen LogP) is 3.15. The van der Waals surface area contributed by atoms with Gasteiger partial charge in [0, 0.05) is 18.0 Å². The van der Waals surface area contributed by atoms with Gasteiger partial charge in [0.2, 0.25) is 11.8 Å². The molecule has 0 atom stereocenters. The molecule has 0 aliphatic rings. The van der Waals surface area contributed by atoms with E-state index in [9.17, 15) is 4.79 Å². The maximum atomic E-state index is 11.0. The highest BCUT2D eigenvalue weighted by Gasteiger charge is 2.14. The maximum Gasteiger partial charge on any atom is 0.335 e. The smallest absolute Gasteiger partial charge is 0.335 e. The molecule has 0 bridgehead atoms. The standard InChI is InChI=1S/C14H8ClN3O3/c15-11-7-16-5-4-10(11)13-18-17-12(21-13)8-2-1-3-9(6-8)14(19)20/h1-7H,(H,19,20). The van der Waals surface area contributed by atoms with Crippen molar-refractivity contribution in [2.45, 2.75) is 0 Å². The lowest BCUT2D eigenvalue weighted by atomic mass is 10.1. The Labute approximate surface area is 124 Å². The van der Waals surface area contributed by atoms with Crippen LogP contribution in [-0.2, 0) is 0 Å². The third-order valence-corrected chi connectivity index (χ3v) is 3.09. The minimum absolute atomic E-state index is 0.147. The Morgan fingerprint density at radius 3 is 2.76 bits per heavy atom. The topological polar surface area (TPSA) is 89.1 Å². The van der Waals surface area contributed by atoms with Crippen LogP contribution in [0.1, 0.15) is 10.4 Å². The summed E-state index contributed by atoms with van der Waals surface area (Å²) in [6.45, 7) is 0. The number of pyridine rings is 1. The fourth-order valence-corrected chi connectivity index (χ4v) is 1.98. The summed E-state index contributed by atoms with van der Waals surface area (Å²) in [5, 5.41) is 17.2. The molecular formula is C14H8ClN3O3. The summed E-state index contributed by atoms with van der Waals surface area (Å²) < 4.78 is 5.54. The minimum atomic E-state index is -1.02. The Balaban J connectivity index is 2.01. The van der Waals surface area contributed by atoms with Gasteiger partial charge in [-0.25, -0.2) is 4.79 Å². The molecule has 2 heterocycles. The largest absolute Gasteiger partial charge is 0.478 e.